The van der Waals surface area contributed by atoms with E-state index >= 15 is 0 Å². The van der Waals surface area contributed by atoms with Crippen molar-refractivity contribution in [1.82, 2.24) is 9.88 Å². The van der Waals surface area contributed by atoms with Crippen LogP contribution in [0.15, 0.2) is 41.3 Å². The van der Waals surface area contributed by atoms with E-state index in [4.69, 9.17) is 4.98 Å². The van der Waals surface area contributed by atoms with Crippen LogP contribution in [0.3, 0.4) is 0 Å². The second-order valence-corrected chi connectivity index (χ2v) is 10.9. The molecule has 2 heterocycles. The molecule has 30 heavy (non-hydrogen) atoms. The number of aryl methyl sites for hydroxylation is 2. The van der Waals surface area contributed by atoms with Crippen LogP contribution in [0, 0.1) is 13.8 Å². The van der Waals surface area contributed by atoms with Gasteiger partial charge in [0.1, 0.15) is 0 Å². The topological polar surface area (TPSA) is 70.6 Å². The Morgan fingerprint density at radius 2 is 1.73 bits per heavy atom. The predicted molar refractivity (Wildman–Crippen MR) is 121 cm³/mol. The Morgan fingerprint density at radius 1 is 1.07 bits per heavy atom. The molecule has 8 heteroatoms. The van der Waals surface area contributed by atoms with E-state index < -0.39 is 9.84 Å². The molecule has 158 valence electrons. The highest BCUT2D eigenvalue weighted by Crippen LogP contribution is 2.32. The molecule has 0 unspecified atom stereocenters. The van der Waals surface area contributed by atoms with Gasteiger partial charge in [0.2, 0.25) is 0 Å². The molecule has 0 spiro atoms. The number of hydrogen-bond acceptors (Lipinski definition) is 6. The average molecular weight is 444 g/mol. The number of thiazole rings is 1. The zero-order chi connectivity index (χ0) is 21.5. The quantitative estimate of drug-likeness (QED) is 0.615. The number of anilines is 1. The van der Waals surface area contributed by atoms with Crippen molar-refractivity contribution in [2.75, 3.05) is 36.8 Å². The van der Waals surface area contributed by atoms with E-state index in [0.29, 0.717) is 18.7 Å². The minimum atomic E-state index is -3.26. The summed E-state index contributed by atoms with van der Waals surface area (Å²) in [6, 6.07) is 10.6. The highest BCUT2D eigenvalue weighted by Gasteiger charge is 2.24. The minimum Gasteiger partial charge on any atom is -0.345 e. The van der Waals surface area contributed by atoms with Crippen LogP contribution in [-0.4, -0.2) is 56.1 Å². The van der Waals surface area contributed by atoms with Crippen LogP contribution in [-0.2, 0) is 9.84 Å². The predicted octanol–water partition coefficient (Wildman–Crippen LogP) is 3.67. The summed E-state index contributed by atoms with van der Waals surface area (Å²) in [4.78, 5) is 22.0. The molecular formula is C22H25N3O3S2. The maximum absolute atomic E-state index is 12.8. The molecule has 1 fully saturated rings. The number of fused-ring (bicyclic) bond motifs is 1. The van der Waals surface area contributed by atoms with Crippen LogP contribution < -0.4 is 4.90 Å². The zero-order valence-corrected chi connectivity index (χ0v) is 19.0. The summed E-state index contributed by atoms with van der Waals surface area (Å²) in [5.41, 5.74) is 4.00. The lowest BCUT2D eigenvalue weighted by molar-refractivity contribution is 0.0746. The van der Waals surface area contributed by atoms with E-state index in [1.54, 1.807) is 30.4 Å². The third-order valence-electron chi connectivity index (χ3n) is 5.50. The van der Waals surface area contributed by atoms with Gasteiger partial charge >= 0.3 is 0 Å². The molecule has 0 N–H and O–H groups in total. The molecule has 0 bridgehead atoms. The number of sulfone groups is 1. The van der Waals surface area contributed by atoms with Gasteiger partial charge < -0.3 is 9.80 Å². The van der Waals surface area contributed by atoms with Crippen LogP contribution in [0.1, 0.15) is 28.4 Å². The molecule has 0 atom stereocenters. The number of carbonyl (C=O) groups excluding carboxylic acids is 1. The minimum absolute atomic E-state index is 0.0487. The fourth-order valence-electron chi connectivity index (χ4n) is 3.75. The molecule has 1 aliphatic heterocycles. The number of aromatic nitrogens is 1. The van der Waals surface area contributed by atoms with Gasteiger partial charge in [-0.25, -0.2) is 13.4 Å². The Hall–Kier alpha value is -2.45. The standard InChI is InChI=1S/C22H25N3O3S2/c1-4-30(27,28)18-7-5-17(6-8-18)21(26)24-9-11-25(12-10-24)22-23-20-16(3)13-15(2)14-19(20)29-22/h5-8,13-14H,4,9-12H2,1-3H3. The van der Waals surface area contributed by atoms with Crippen molar-refractivity contribution in [3.63, 3.8) is 0 Å². The monoisotopic (exact) mass is 443 g/mol. The molecule has 1 aliphatic rings. The maximum Gasteiger partial charge on any atom is 0.253 e. The van der Waals surface area contributed by atoms with Crippen molar-refractivity contribution >= 4 is 42.4 Å². The summed E-state index contributed by atoms with van der Waals surface area (Å²) in [6.07, 6.45) is 0. The smallest absolute Gasteiger partial charge is 0.253 e. The third-order valence-corrected chi connectivity index (χ3v) is 8.31. The van der Waals surface area contributed by atoms with Gasteiger partial charge in [-0.15, -0.1) is 0 Å². The molecule has 4 rings (SSSR count). The maximum atomic E-state index is 12.8. The molecule has 0 radical (unpaired) electrons. The Morgan fingerprint density at radius 3 is 2.37 bits per heavy atom. The first-order chi connectivity index (χ1) is 14.3. The number of nitrogens with zero attached hydrogens (tertiary/aromatic N) is 3. The van der Waals surface area contributed by atoms with E-state index in [9.17, 15) is 13.2 Å². The summed E-state index contributed by atoms with van der Waals surface area (Å²) < 4.78 is 25.1. The van der Waals surface area contributed by atoms with E-state index in [1.165, 1.54) is 28.0 Å². The summed E-state index contributed by atoms with van der Waals surface area (Å²) in [5, 5.41) is 1.000. The van der Waals surface area contributed by atoms with Gasteiger partial charge in [-0.1, -0.05) is 24.3 Å². The van der Waals surface area contributed by atoms with Crippen molar-refractivity contribution < 1.29 is 13.2 Å². The molecule has 1 amide bonds. The number of rotatable bonds is 4. The van der Waals surface area contributed by atoms with Crippen LogP contribution in [0.5, 0.6) is 0 Å². The van der Waals surface area contributed by atoms with Gasteiger partial charge in [0.25, 0.3) is 5.91 Å². The molecule has 3 aromatic rings. The third kappa shape index (κ3) is 3.94. The molecule has 2 aromatic carbocycles. The van der Waals surface area contributed by atoms with Crippen molar-refractivity contribution in [2.24, 2.45) is 0 Å². The first-order valence-electron chi connectivity index (χ1n) is 10.0. The van der Waals surface area contributed by atoms with Gasteiger partial charge in [0.15, 0.2) is 15.0 Å². The zero-order valence-electron chi connectivity index (χ0n) is 17.4. The highest BCUT2D eigenvalue weighted by molar-refractivity contribution is 7.91. The van der Waals surface area contributed by atoms with Gasteiger partial charge in [-0.2, -0.15) is 0 Å². The molecule has 0 aliphatic carbocycles. The van der Waals surface area contributed by atoms with Crippen LogP contribution in [0.2, 0.25) is 0 Å². The van der Waals surface area contributed by atoms with Crippen LogP contribution in [0.25, 0.3) is 10.2 Å². The molecule has 1 saturated heterocycles. The number of piperazine rings is 1. The second-order valence-electron chi connectivity index (χ2n) is 7.63. The largest absolute Gasteiger partial charge is 0.345 e. The molecular weight excluding hydrogens is 418 g/mol. The first-order valence-corrected chi connectivity index (χ1v) is 12.5. The van der Waals surface area contributed by atoms with Crippen LogP contribution in [0.4, 0.5) is 5.13 Å². The van der Waals surface area contributed by atoms with Crippen molar-refractivity contribution in [3.8, 4) is 0 Å². The SMILES string of the molecule is CCS(=O)(=O)c1ccc(C(=O)N2CCN(c3nc4c(C)cc(C)cc4s3)CC2)cc1. The summed E-state index contributed by atoms with van der Waals surface area (Å²) in [6.45, 7) is 8.48. The molecule has 0 saturated carbocycles. The average Bonchev–Trinajstić information content (AvgIpc) is 3.18. The molecule has 1 aromatic heterocycles. The normalized spacial score (nSPS) is 15.0. The van der Waals surface area contributed by atoms with E-state index in [1.807, 2.05) is 4.90 Å². The van der Waals surface area contributed by atoms with E-state index in [-0.39, 0.29) is 16.6 Å². The number of carbonyl (C=O) groups is 1. The summed E-state index contributed by atoms with van der Waals surface area (Å²) >= 11 is 1.70. The fourth-order valence-corrected chi connectivity index (χ4v) is 5.83. The Labute approximate surface area is 181 Å². The lowest BCUT2D eigenvalue weighted by atomic mass is 10.1. The van der Waals surface area contributed by atoms with E-state index in [0.717, 1.165) is 23.7 Å². The van der Waals surface area contributed by atoms with Crippen molar-refractivity contribution in [1.29, 1.82) is 0 Å². The number of benzene rings is 2. The lowest BCUT2D eigenvalue weighted by Crippen LogP contribution is -2.48. The van der Waals surface area contributed by atoms with Crippen molar-refractivity contribution in [3.05, 3.63) is 53.1 Å². The Bertz CT molecular complexity index is 1190. The van der Waals surface area contributed by atoms with Crippen LogP contribution >= 0.6 is 11.3 Å². The summed E-state index contributed by atoms with van der Waals surface area (Å²) in [5.74, 6) is -0.0153. The fraction of sp³-hybridized carbons (Fsp3) is 0.364. The lowest BCUT2D eigenvalue weighted by Gasteiger charge is -2.34. The van der Waals surface area contributed by atoms with E-state index in [2.05, 4.69) is 30.9 Å². The summed E-state index contributed by atoms with van der Waals surface area (Å²) in [7, 11) is -3.26. The van der Waals surface area contributed by atoms with Gasteiger partial charge in [-0.05, 0) is 55.3 Å². The van der Waals surface area contributed by atoms with Gasteiger partial charge in [-0.3, -0.25) is 4.79 Å². The second kappa shape index (κ2) is 8.00. The van der Waals surface area contributed by atoms with Gasteiger partial charge in [0.05, 0.1) is 20.9 Å². The van der Waals surface area contributed by atoms with Gasteiger partial charge in [0, 0.05) is 31.7 Å². The number of amides is 1. The Kier molecular flexibility index (Phi) is 5.55. The number of hydrogen-bond donors (Lipinski definition) is 0. The Balaban J connectivity index is 1.44. The highest BCUT2D eigenvalue weighted by atomic mass is 32.2. The first kappa shape index (κ1) is 20.8. The molecule has 6 nitrogen and oxygen atoms in total. The van der Waals surface area contributed by atoms with Crippen molar-refractivity contribution in [2.45, 2.75) is 25.7 Å².